The van der Waals surface area contributed by atoms with Crippen molar-refractivity contribution >= 4 is 18.7 Å². The van der Waals surface area contributed by atoms with Crippen LogP contribution in [0.2, 0.25) is 0 Å². The molecule has 0 saturated carbocycles. The first-order valence-electron chi connectivity index (χ1n) is 10.7. The number of carbonyl (C=O) groups is 1. The van der Waals surface area contributed by atoms with Crippen molar-refractivity contribution in [2.75, 3.05) is 13.1 Å². The molecule has 0 radical (unpaired) electrons. The number of amides is 1. The Hall–Kier alpha value is -1.80. The number of aromatic nitrogens is 1. The highest BCUT2D eigenvalue weighted by molar-refractivity contribution is 6.62. The molecular formula is C22H35BN2O5. The molecule has 0 aliphatic carbocycles. The molecule has 0 N–H and O–H groups in total. The Morgan fingerprint density at radius 3 is 2.23 bits per heavy atom. The molecule has 8 heteroatoms. The van der Waals surface area contributed by atoms with E-state index in [1.807, 2.05) is 61.5 Å². The lowest BCUT2D eigenvalue weighted by molar-refractivity contribution is 0.00578. The highest BCUT2D eigenvalue weighted by Gasteiger charge is 2.51. The molecule has 3 heterocycles. The van der Waals surface area contributed by atoms with Gasteiger partial charge in [0.2, 0.25) is 5.88 Å². The van der Waals surface area contributed by atoms with E-state index < -0.39 is 12.7 Å². The van der Waals surface area contributed by atoms with Gasteiger partial charge in [0.25, 0.3) is 0 Å². The Balaban J connectivity index is 1.57. The van der Waals surface area contributed by atoms with Gasteiger partial charge in [-0.25, -0.2) is 9.78 Å². The van der Waals surface area contributed by atoms with Crippen LogP contribution in [-0.4, -0.2) is 59.1 Å². The maximum absolute atomic E-state index is 12.2. The quantitative estimate of drug-likeness (QED) is 0.701. The van der Waals surface area contributed by atoms with Crippen LogP contribution in [0.15, 0.2) is 12.3 Å². The van der Waals surface area contributed by atoms with Crippen LogP contribution in [0.5, 0.6) is 5.88 Å². The zero-order valence-corrected chi connectivity index (χ0v) is 19.6. The fourth-order valence-corrected chi connectivity index (χ4v) is 3.46. The van der Waals surface area contributed by atoms with Crippen molar-refractivity contribution in [3.05, 3.63) is 17.8 Å². The van der Waals surface area contributed by atoms with Gasteiger partial charge in [0.1, 0.15) is 11.7 Å². The van der Waals surface area contributed by atoms with E-state index in [9.17, 15) is 4.79 Å². The van der Waals surface area contributed by atoms with Crippen LogP contribution in [-0.2, 0) is 14.0 Å². The van der Waals surface area contributed by atoms with E-state index in [0.29, 0.717) is 19.0 Å². The minimum atomic E-state index is -0.482. The van der Waals surface area contributed by atoms with E-state index in [4.69, 9.17) is 18.8 Å². The number of nitrogens with zero attached hydrogens (tertiary/aromatic N) is 2. The number of ether oxygens (including phenoxy) is 2. The molecule has 1 amide bonds. The first-order valence-corrected chi connectivity index (χ1v) is 10.7. The van der Waals surface area contributed by atoms with Gasteiger partial charge < -0.3 is 23.7 Å². The van der Waals surface area contributed by atoms with Gasteiger partial charge in [-0.3, -0.25) is 0 Å². The molecule has 0 atom stereocenters. The SMILES string of the molecule is Cc1cc(B2OC(C)(C)C(C)(C)O2)cnc1OC1CCN(C(=O)OC(C)(C)C)CC1. The van der Waals surface area contributed by atoms with Crippen LogP contribution >= 0.6 is 0 Å². The van der Waals surface area contributed by atoms with Crippen molar-refractivity contribution in [1.82, 2.24) is 9.88 Å². The first-order chi connectivity index (χ1) is 13.8. The van der Waals surface area contributed by atoms with Gasteiger partial charge in [0.15, 0.2) is 0 Å². The molecule has 0 unspecified atom stereocenters. The second kappa shape index (κ2) is 8.04. The summed E-state index contributed by atoms with van der Waals surface area (Å²) in [5.74, 6) is 0.617. The van der Waals surface area contributed by atoms with Crippen LogP contribution in [0.4, 0.5) is 4.79 Å². The summed E-state index contributed by atoms with van der Waals surface area (Å²) in [4.78, 5) is 18.5. The van der Waals surface area contributed by atoms with E-state index in [0.717, 1.165) is 23.9 Å². The van der Waals surface area contributed by atoms with E-state index in [1.54, 1.807) is 11.1 Å². The maximum Gasteiger partial charge on any atom is 0.496 e. The largest absolute Gasteiger partial charge is 0.496 e. The molecule has 0 bridgehead atoms. The van der Waals surface area contributed by atoms with Crippen LogP contribution in [0, 0.1) is 6.92 Å². The Bertz CT molecular complexity index is 766. The number of carbonyl (C=O) groups excluding carboxylic acids is 1. The number of likely N-dealkylation sites (tertiary alicyclic amines) is 1. The highest BCUT2D eigenvalue weighted by atomic mass is 16.7. The second-order valence-corrected chi connectivity index (χ2v) is 10.3. The van der Waals surface area contributed by atoms with Crippen LogP contribution in [0.3, 0.4) is 0 Å². The monoisotopic (exact) mass is 418 g/mol. The standard InChI is InChI=1S/C22H35BN2O5/c1-15-13-16(23-29-21(5,6)22(7,8)30-23)14-24-18(15)27-17-9-11-25(12-10-17)19(26)28-20(2,3)4/h13-14,17H,9-12H2,1-8H3. The molecular weight excluding hydrogens is 383 g/mol. The van der Waals surface area contributed by atoms with E-state index in [-0.39, 0.29) is 23.4 Å². The molecule has 2 aliphatic rings. The van der Waals surface area contributed by atoms with Gasteiger partial charge in [-0.05, 0) is 55.4 Å². The highest BCUT2D eigenvalue weighted by Crippen LogP contribution is 2.36. The molecule has 0 spiro atoms. The first kappa shape index (κ1) is 22.9. The molecule has 7 nitrogen and oxygen atoms in total. The molecule has 166 valence electrons. The van der Waals surface area contributed by atoms with Crippen molar-refractivity contribution in [1.29, 1.82) is 0 Å². The minimum Gasteiger partial charge on any atom is -0.474 e. The predicted octanol–water partition coefficient (Wildman–Crippen LogP) is 3.47. The summed E-state index contributed by atoms with van der Waals surface area (Å²) in [5, 5.41) is 0. The van der Waals surface area contributed by atoms with Gasteiger partial charge in [-0.2, -0.15) is 0 Å². The zero-order chi connectivity index (χ0) is 22.3. The molecule has 3 rings (SSSR count). The number of hydrogen-bond acceptors (Lipinski definition) is 6. The lowest BCUT2D eigenvalue weighted by Crippen LogP contribution is -2.44. The summed E-state index contributed by atoms with van der Waals surface area (Å²) in [7, 11) is -0.438. The topological polar surface area (TPSA) is 70.1 Å². The van der Waals surface area contributed by atoms with Crippen LogP contribution in [0.1, 0.15) is 66.9 Å². The van der Waals surface area contributed by atoms with Gasteiger partial charge in [0, 0.05) is 43.2 Å². The van der Waals surface area contributed by atoms with E-state index in [1.165, 1.54) is 0 Å². The van der Waals surface area contributed by atoms with Gasteiger partial charge >= 0.3 is 13.2 Å². The number of aryl methyl sites for hydroxylation is 1. The molecule has 2 aliphatic heterocycles. The predicted molar refractivity (Wildman–Crippen MR) is 116 cm³/mol. The van der Waals surface area contributed by atoms with Crippen LogP contribution in [0.25, 0.3) is 0 Å². The summed E-state index contributed by atoms with van der Waals surface area (Å²) in [6.07, 6.45) is 3.03. The number of piperidine rings is 1. The van der Waals surface area contributed by atoms with Crippen molar-refractivity contribution in [3.63, 3.8) is 0 Å². The molecule has 0 aromatic carbocycles. The lowest BCUT2D eigenvalue weighted by Gasteiger charge is -2.33. The summed E-state index contributed by atoms with van der Waals surface area (Å²) in [6.45, 7) is 17.0. The van der Waals surface area contributed by atoms with Gasteiger partial charge in [-0.15, -0.1) is 0 Å². The third kappa shape index (κ3) is 5.09. The van der Waals surface area contributed by atoms with Crippen molar-refractivity contribution < 1.29 is 23.6 Å². The molecule has 30 heavy (non-hydrogen) atoms. The number of hydrogen-bond donors (Lipinski definition) is 0. The lowest BCUT2D eigenvalue weighted by atomic mass is 9.80. The molecule has 1 aromatic rings. The third-order valence-corrected chi connectivity index (χ3v) is 5.95. The fourth-order valence-electron chi connectivity index (χ4n) is 3.46. The average molecular weight is 418 g/mol. The summed E-state index contributed by atoms with van der Waals surface area (Å²) in [6, 6.07) is 2.01. The van der Waals surface area contributed by atoms with Crippen LogP contribution < -0.4 is 10.2 Å². The second-order valence-electron chi connectivity index (χ2n) is 10.3. The Kier molecular flexibility index (Phi) is 6.13. The van der Waals surface area contributed by atoms with Crippen molar-refractivity contribution in [3.8, 4) is 5.88 Å². The maximum atomic E-state index is 12.2. The Morgan fingerprint density at radius 1 is 1.17 bits per heavy atom. The molecule has 1 aromatic heterocycles. The molecule has 2 saturated heterocycles. The van der Waals surface area contributed by atoms with E-state index in [2.05, 4.69) is 4.98 Å². The van der Waals surface area contributed by atoms with Gasteiger partial charge in [-0.1, -0.05) is 6.07 Å². The summed E-state index contributed by atoms with van der Waals surface area (Å²) in [5.41, 5.74) is 0.575. The summed E-state index contributed by atoms with van der Waals surface area (Å²) >= 11 is 0. The van der Waals surface area contributed by atoms with E-state index >= 15 is 0 Å². The Morgan fingerprint density at radius 2 is 1.73 bits per heavy atom. The zero-order valence-electron chi connectivity index (χ0n) is 19.6. The fraction of sp³-hybridized carbons (Fsp3) is 0.727. The van der Waals surface area contributed by atoms with Crippen molar-refractivity contribution in [2.24, 2.45) is 0 Å². The van der Waals surface area contributed by atoms with Gasteiger partial charge in [0.05, 0.1) is 11.2 Å². The molecule has 2 fully saturated rings. The average Bonchev–Trinajstić information content (AvgIpc) is 2.83. The third-order valence-electron chi connectivity index (χ3n) is 5.95. The number of rotatable bonds is 3. The van der Waals surface area contributed by atoms with Crippen molar-refractivity contribution in [2.45, 2.75) is 91.1 Å². The Labute approximate surface area is 180 Å². The normalized spacial score (nSPS) is 21.6. The summed E-state index contributed by atoms with van der Waals surface area (Å²) < 4.78 is 23.8. The minimum absolute atomic E-state index is 0.0255. The number of pyridine rings is 1. The smallest absolute Gasteiger partial charge is 0.474 e.